The number of hydrogen-bond donors (Lipinski definition) is 3. The first-order chi connectivity index (χ1) is 21.0. The molecule has 0 saturated heterocycles. The molecule has 0 aliphatic heterocycles. The van der Waals surface area contributed by atoms with Crippen molar-refractivity contribution in [3.8, 4) is 5.75 Å². The van der Waals surface area contributed by atoms with Crippen LogP contribution in [0.2, 0.25) is 0 Å². The van der Waals surface area contributed by atoms with E-state index in [-0.39, 0.29) is 33.8 Å². The van der Waals surface area contributed by atoms with Gasteiger partial charge in [0.15, 0.2) is 0 Å². The van der Waals surface area contributed by atoms with Crippen molar-refractivity contribution in [1.82, 2.24) is 0 Å². The summed E-state index contributed by atoms with van der Waals surface area (Å²) in [7, 11) is 0. The van der Waals surface area contributed by atoms with Crippen LogP contribution in [0.5, 0.6) is 5.75 Å². The molecule has 4 saturated carbocycles. The van der Waals surface area contributed by atoms with Crippen molar-refractivity contribution in [2.24, 2.45) is 56.7 Å². The predicted octanol–water partition coefficient (Wildman–Crippen LogP) is 8.03. The third kappa shape index (κ3) is 4.58. The topological polar surface area (TPSA) is 104 Å². The molecule has 0 aromatic heterocycles. The molecular weight excluding hydrogens is 564 g/mol. The molecule has 6 nitrogen and oxygen atoms in total. The van der Waals surface area contributed by atoms with Crippen molar-refractivity contribution in [2.75, 3.05) is 0 Å². The molecule has 0 spiro atoms. The normalized spacial score (nSPS) is 45.3. The fourth-order valence-electron chi connectivity index (χ4n) is 12.0. The van der Waals surface area contributed by atoms with Gasteiger partial charge >= 0.3 is 11.9 Å². The number of allylic oxidation sites excluding steroid dienone is 2. The number of rotatable bonds is 4. The van der Waals surface area contributed by atoms with E-state index in [1.807, 2.05) is 0 Å². The van der Waals surface area contributed by atoms with Crippen molar-refractivity contribution >= 4 is 18.0 Å². The largest absolute Gasteiger partial charge is 0.508 e. The lowest BCUT2D eigenvalue weighted by Gasteiger charge is -2.71. The van der Waals surface area contributed by atoms with Gasteiger partial charge in [0, 0.05) is 6.08 Å². The molecule has 0 unspecified atom stereocenters. The third-order valence-corrected chi connectivity index (χ3v) is 14.9. The minimum absolute atomic E-state index is 0.0287. The van der Waals surface area contributed by atoms with Crippen LogP contribution in [0.3, 0.4) is 0 Å². The Labute approximate surface area is 269 Å². The number of carboxylic acids is 1. The van der Waals surface area contributed by atoms with Gasteiger partial charge < -0.3 is 20.1 Å². The first kappa shape index (κ1) is 32.3. The van der Waals surface area contributed by atoms with Gasteiger partial charge in [-0.3, -0.25) is 4.79 Å². The van der Waals surface area contributed by atoms with Crippen molar-refractivity contribution in [1.29, 1.82) is 0 Å². The Kier molecular flexibility index (Phi) is 7.70. The second kappa shape index (κ2) is 10.7. The summed E-state index contributed by atoms with van der Waals surface area (Å²) < 4.78 is 6.07. The van der Waals surface area contributed by atoms with E-state index >= 15 is 0 Å². The van der Waals surface area contributed by atoms with Crippen LogP contribution in [0.25, 0.3) is 6.08 Å². The van der Waals surface area contributed by atoms with E-state index in [0.29, 0.717) is 24.2 Å². The summed E-state index contributed by atoms with van der Waals surface area (Å²) in [5.74, 6) is 0.586. The molecule has 6 rings (SSSR count). The number of carboxylic acid groups (broad SMARTS) is 1. The highest BCUT2D eigenvalue weighted by atomic mass is 16.6. The molecule has 11 atom stereocenters. The van der Waals surface area contributed by atoms with Gasteiger partial charge in [0.25, 0.3) is 0 Å². The van der Waals surface area contributed by atoms with Gasteiger partial charge in [0.1, 0.15) is 11.9 Å². The number of hydrogen-bond acceptors (Lipinski definition) is 5. The number of benzene rings is 1. The first-order valence-electron chi connectivity index (χ1n) is 17.3. The van der Waals surface area contributed by atoms with Gasteiger partial charge in [-0.15, -0.1) is 0 Å². The highest BCUT2D eigenvalue weighted by Crippen LogP contribution is 2.75. The molecule has 3 N–H and O–H groups in total. The number of ether oxygens (including phenoxy) is 1. The predicted molar refractivity (Wildman–Crippen MR) is 175 cm³/mol. The molecule has 1 aromatic carbocycles. The van der Waals surface area contributed by atoms with Crippen LogP contribution in [-0.2, 0) is 14.3 Å². The molecule has 5 aliphatic carbocycles. The molecule has 6 heteroatoms. The molecule has 246 valence electrons. The zero-order valence-electron chi connectivity index (χ0n) is 28.3. The lowest BCUT2D eigenvalue weighted by atomic mass is 9.33. The van der Waals surface area contributed by atoms with E-state index in [9.17, 15) is 24.9 Å². The summed E-state index contributed by atoms with van der Waals surface area (Å²) in [4.78, 5) is 26.1. The summed E-state index contributed by atoms with van der Waals surface area (Å²) in [5, 5.41) is 31.9. The number of aliphatic hydroxyl groups is 1. The molecule has 0 radical (unpaired) electrons. The number of aliphatic hydroxyl groups excluding tert-OH is 1. The number of aromatic hydroxyl groups is 1. The number of esters is 1. The Morgan fingerprint density at radius 3 is 2.29 bits per heavy atom. The lowest BCUT2D eigenvalue weighted by Crippen LogP contribution is -2.67. The zero-order chi connectivity index (χ0) is 32.7. The molecule has 0 heterocycles. The Morgan fingerprint density at radius 2 is 1.62 bits per heavy atom. The molecular formula is C39H54O6. The van der Waals surface area contributed by atoms with Gasteiger partial charge in [-0.2, -0.15) is 0 Å². The lowest BCUT2D eigenvalue weighted by molar-refractivity contribution is -0.237. The van der Waals surface area contributed by atoms with E-state index in [1.165, 1.54) is 11.6 Å². The Morgan fingerprint density at radius 1 is 0.933 bits per heavy atom. The minimum Gasteiger partial charge on any atom is -0.508 e. The van der Waals surface area contributed by atoms with E-state index in [4.69, 9.17) is 4.74 Å². The monoisotopic (exact) mass is 618 g/mol. The maximum absolute atomic E-state index is 13.1. The zero-order valence-corrected chi connectivity index (χ0v) is 28.3. The SMILES string of the molecule is C[C@H]1[C@H](C)CC[C@]2(C(=O)O)CC[C@]3(C)C(=CC[C@@H]4[C@@]5(C)C[C@@H](OC(=O)C=Cc6ccc(O)cc6)[C@H](O)C(C)(C)[C@@H]5CC[C@]43C)[C@H]12. The third-order valence-electron chi connectivity index (χ3n) is 14.9. The van der Waals surface area contributed by atoms with E-state index in [1.54, 1.807) is 30.3 Å². The molecule has 0 amide bonds. The van der Waals surface area contributed by atoms with Crippen LogP contribution in [0.15, 0.2) is 42.0 Å². The fraction of sp³-hybridized carbons (Fsp3) is 0.692. The molecule has 45 heavy (non-hydrogen) atoms. The Balaban J connectivity index is 1.33. The fourth-order valence-corrected chi connectivity index (χ4v) is 12.0. The second-order valence-electron chi connectivity index (χ2n) is 17.0. The number of phenols is 1. The van der Waals surface area contributed by atoms with Crippen LogP contribution < -0.4 is 0 Å². The van der Waals surface area contributed by atoms with Crippen molar-refractivity contribution in [3.05, 3.63) is 47.6 Å². The molecule has 1 aromatic rings. The van der Waals surface area contributed by atoms with Gasteiger partial charge in [-0.1, -0.05) is 72.2 Å². The Hall–Kier alpha value is -2.60. The summed E-state index contributed by atoms with van der Waals surface area (Å²) in [6.45, 7) is 16.2. The van der Waals surface area contributed by atoms with Crippen molar-refractivity contribution < 1.29 is 29.6 Å². The van der Waals surface area contributed by atoms with Crippen LogP contribution in [0, 0.1) is 56.7 Å². The highest BCUT2D eigenvalue weighted by molar-refractivity contribution is 5.87. The van der Waals surface area contributed by atoms with Crippen LogP contribution >= 0.6 is 0 Å². The van der Waals surface area contributed by atoms with Crippen LogP contribution in [0.4, 0.5) is 0 Å². The van der Waals surface area contributed by atoms with Gasteiger partial charge in [-0.25, -0.2) is 4.79 Å². The number of carbonyl (C=O) groups excluding carboxylic acids is 1. The van der Waals surface area contributed by atoms with Gasteiger partial charge in [-0.05, 0) is 126 Å². The van der Waals surface area contributed by atoms with Gasteiger partial charge in [0.05, 0.1) is 11.5 Å². The molecule has 5 aliphatic rings. The number of aliphatic carboxylic acids is 1. The highest BCUT2D eigenvalue weighted by Gasteiger charge is 2.70. The smallest absolute Gasteiger partial charge is 0.331 e. The summed E-state index contributed by atoms with van der Waals surface area (Å²) in [5.41, 5.74) is 0.794. The van der Waals surface area contributed by atoms with Gasteiger partial charge in [0.2, 0.25) is 0 Å². The van der Waals surface area contributed by atoms with Crippen LogP contribution in [-0.4, -0.2) is 39.5 Å². The van der Waals surface area contributed by atoms with Crippen molar-refractivity contribution in [2.45, 2.75) is 112 Å². The summed E-state index contributed by atoms with van der Waals surface area (Å²) in [6.07, 6.45) is 11.1. The molecule has 0 bridgehead atoms. The number of fused-ring (bicyclic) bond motifs is 7. The van der Waals surface area contributed by atoms with E-state index < -0.39 is 35.0 Å². The van der Waals surface area contributed by atoms with Crippen molar-refractivity contribution in [3.63, 3.8) is 0 Å². The average molecular weight is 619 g/mol. The van der Waals surface area contributed by atoms with E-state index in [0.717, 1.165) is 50.5 Å². The van der Waals surface area contributed by atoms with E-state index in [2.05, 4.69) is 54.5 Å². The quantitative estimate of drug-likeness (QED) is 0.179. The summed E-state index contributed by atoms with van der Waals surface area (Å²) >= 11 is 0. The standard InChI is InChI=1S/C39H54O6/c1-23-16-19-39(34(43)44)21-20-37(6)27(32(39)24(23)2)13-14-30-36(5)22-28(33(42)35(3,4)29(36)17-18-38(30,37)7)45-31(41)15-10-25-8-11-26(40)12-9-25/h8-13,15,23-24,28-30,32-33,40,42H,14,16-22H2,1-7H3,(H,43,44)/t23-,24+,28-,29+,30-,32+,33+,36+,37-,38-,39+/m1/s1. The second-order valence-corrected chi connectivity index (χ2v) is 17.0. The number of phenolic OH excluding ortho intramolecular Hbond substituents is 1. The minimum atomic E-state index is -0.772. The van der Waals surface area contributed by atoms with Crippen LogP contribution in [0.1, 0.15) is 105 Å². The maximum atomic E-state index is 13.1. The number of carbonyl (C=O) groups is 2. The first-order valence-corrected chi connectivity index (χ1v) is 17.3. The summed E-state index contributed by atoms with van der Waals surface area (Å²) in [6, 6.07) is 6.62. The Bertz CT molecular complexity index is 1410. The average Bonchev–Trinajstić information content (AvgIpc) is 2.97. The maximum Gasteiger partial charge on any atom is 0.331 e. The molecule has 4 fully saturated rings.